The zero-order valence-electron chi connectivity index (χ0n) is 11.8. The lowest BCUT2D eigenvalue weighted by atomic mass is 10.2. The first-order valence-electron chi connectivity index (χ1n) is 6.74. The van der Waals surface area contributed by atoms with Crippen LogP contribution in [-0.4, -0.2) is 21.1 Å². The standard InChI is InChI=1S/C15H13BrN4OS/c1-2-14-18-19-15(22)20(14)17-9-10-7-8-13(21-10)11-5-3-4-6-12(11)16/h3-9H,2H2,1H3,(H,19,22)/b17-9-. The van der Waals surface area contributed by atoms with E-state index >= 15 is 0 Å². The van der Waals surface area contributed by atoms with Crippen molar-refractivity contribution < 1.29 is 4.42 Å². The van der Waals surface area contributed by atoms with Gasteiger partial charge in [-0.1, -0.05) is 41.1 Å². The summed E-state index contributed by atoms with van der Waals surface area (Å²) in [6, 6.07) is 11.7. The van der Waals surface area contributed by atoms with Gasteiger partial charge in [-0.3, -0.25) is 5.10 Å². The zero-order chi connectivity index (χ0) is 15.5. The summed E-state index contributed by atoms with van der Waals surface area (Å²) in [6.07, 6.45) is 2.37. The molecule has 5 nitrogen and oxygen atoms in total. The SMILES string of the molecule is CCc1n[nH]c(=S)n1/N=C\c1ccc(-c2ccccc2Br)o1. The minimum atomic E-state index is 0.464. The number of H-pyrrole nitrogens is 1. The molecule has 0 saturated carbocycles. The second-order valence-corrected chi connectivity index (χ2v) is 5.78. The first kappa shape index (κ1) is 14.9. The molecule has 22 heavy (non-hydrogen) atoms. The van der Waals surface area contributed by atoms with Crippen LogP contribution in [0, 0.1) is 4.77 Å². The fraction of sp³-hybridized carbons (Fsp3) is 0.133. The molecule has 2 heterocycles. The van der Waals surface area contributed by atoms with E-state index in [2.05, 4.69) is 31.2 Å². The molecular formula is C15H13BrN4OS. The molecule has 0 aliphatic carbocycles. The van der Waals surface area contributed by atoms with E-state index in [1.54, 1.807) is 10.9 Å². The Balaban J connectivity index is 1.89. The molecule has 2 aromatic heterocycles. The van der Waals surface area contributed by atoms with E-state index < -0.39 is 0 Å². The maximum Gasteiger partial charge on any atom is 0.216 e. The van der Waals surface area contributed by atoms with Crippen molar-refractivity contribution in [2.75, 3.05) is 0 Å². The second-order valence-electron chi connectivity index (χ2n) is 4.54. The summed E-state index contributed by atoms with van der Waals surface area (Å²) in [5, 5.41) is 11.2. The second kappa shape index (κ2) is 6.41. The highest BCUT2D eigenvalue weighted by molar-refractivity contribution is 9.10. The first-order chi connectivity index (χ1) is 10.7. The fourth-order valence-electron chi connectivity index (χ4n) is 2.01. The van der Waals surface area contributed by atoms with Crippen LogP contribution in [0.4, 0.5) is 0 Å². The van der Waals surface area contributed by atoms with Crippen LogP contribution in [0.5, 0.6) is 0 Å². The Labute approximate surface area is 140 Å². The smallest absolute Gasteiger partial charge is 0.216 e. The van der Waals surface area contributed by atoms with Crippen molar-refractivity contribution >= 4 is 34.4 Å². The monoisotopic (exact) mass is 376 g/mol. The molecule has 0 saturated heterocycles. The van der Waals surface area contributed by atoms with Gasteiger partial charge in [-0.15, -0.1) is 0 Å². The van der Waals surface area contributed by atoms with Crippen LogP contribution in [-0.2, 0) is 6.42 Å². The average molecular weight is 377 g/mol. The van der Waals surface area contributed by atoms with E-state index in [4.69, 9.17) is 16.6 Å². The topological polar surface area (TPSA) is 59.1 Å². The van der Waals surface area contributed by atoms with Crippen molar-refractivity contribution in [2.45, 2.75) is 13.3 Å². The van der Waals surface area contributed by atoms with Gasteiger partial charge in [-0.25, -0.2) is 0 Å². The number of nitrogens with zero attached hydrogens (tertiary/aromatic N) is 3. The third-order valence-corrected chi connectivity index (χ3v) is 4.06. The molecule has 3 aromatic rings. The third-order valence-electron chi connectivity index (χ3n) is 3.10. The maximum absolute atomic E-state index is 5.80. The van der Waals surface area contributed by atoms with Gasteiger partial charge in [0.1, 0.15) is 11.5 Å². The molecule has 1 N–H and O–H groups in total. The van der Waals surface area contributed by atoms with Gasteiger partial charge in [0.15, 0.2) is 5.82 Å². The quantitative estimate of drug-likeness (QED) is 0.541. The molecule has 0 amide bonds. The van der Waals surface area contributed by atoms with Crippen LogP contribution in [0.3, 0.4) is 0 Å². The van der Waals surface area contributed by atoms with Gasteiger partial charge < -0.3 is 4.42 Å². The zero-order valence-corrected chi connectivity index (χ0v) is 14.2. The predicted octanol–water partition coefficient (Wildman–Crippen LogP) is 4.41. The first-order valence-corrected chi connectivity index (χ1v) is 7.94. The molecule has 1 aromatic carbocycles. The van der Waals surface area contributed by atoms with E-state index in [9.17, 15) is 0 Å². The number of nitrogens with one attached hydrogen (secondary N) is 1. The van der Waals surface area contributed by atoms with Gasteiger partial charge in [0.2, 0.25) is 4.77 Å². The van der Waals surface area contributed by atoms with E-state index in [1.807, 2.05) is 43.3 Å². The summed E-state index contributed by atoms with van der Waals surface area (Å²) in [7, 11) is 0. The van der Waals surface area contributed by atoms with Gasteiger partial charge >= 0.3 is 0 Å². The molecule has 7 heteroatoms. The maximum atomic E-state index is 5.80. The number of rotatable bonds is 4. The lowest BCUT2D eigenvalue weighted by Crippen LogP contribution is -1.96. The summed E-state index contributed by atoms with van der Waals surface area (Å²) >= 11 is 8.66. The molecule has 3 rings (SSSR count). The molecule has 0 aliphatic rings. The Morgan fingerprint density at radius 2 is 2.18 bits per heavy atom. The molecule has 0 bridgehead atoms. The minimum Gasteiger partial charge on any atom is -0.455 e. The molecule has 0 aliphatic heterocycles. The van der Waals surface area contributed by atoms with E-state index in [1.165, 1.54) is 0 Å². The summed E-state index contributed by atoms with van der Waals surface area (Å²) < 4.78 is 8.85. The number of aromatic amines is 1. The highest BCUT2D eigenvalue weighted by Crippen LogP contribution is 2.28. The van der Waals surface area contributed by atoms with E-state index in [-0.39, 0.29) is 0 Å². The number of benzene rings is 1. The molecule has 0 radical (unpaired) electrons. The summed E-state index contributed by atoms with van der Waals surface area (Å²) in [5.74, 6) is 2.20. The summed E-state index contributed by atoms with van der Waals surface area (Å²) in [6.45, 7) is 1.99. The van der Waals surface area contributed by atoms with Gasteiger partial charge in [0.25, 0.3) is 0 Å². The number of hydrogen-bond acceptors (Lipinski definition) is 4. The lowest BCUT2D eigenvalue weighted by Gasteiger charge is -1.99. The molecule has 112 valence electrons. The van der Waals surface area contributed by atoms with Gasteiger partial charge in [-0.2, -0.15) is 14.9 Å². The van der Waals surface area contributed by atoms with Crippen LogP contribution in [0.15, 0.2) is 50.4 Å². The Morgan fingerprint density at radius 3 is 2.95 bits per heavy atom. The van der Waals surface area contributed by atoms with Crippen molar-refractivity contribution in [3.05, 3.63) is 57.2 Å². The highest BCUT2D eigenvalue weighted by Gasteiger charge is 2.07. The van der Waals surface area contributed by atoms with Crippen molar-refractivity contribution in [3.8, 4) is 11.3 Å². The van der Waals surface area contributed by atoms with E-state index in [0.29, 0.717) is 10.5 Å². The average Bonchev–Trinajstić information content (AvgIpc) is 3.12. The predicted molar refractivity (Wildman–Crippen MR) is 91.6 cm³/mol. The number of hydrogen-bond donors (Lipinski definition) is 1. The van der Waals surface area contributed by atoms with E-state index in [0.717, 1.165) is 28.0 Å². The molecule has 0 fully saturated rings. The van der Waals surface area contributed by atoms with Crippen molar-refractivity contribution in [2.24, 2.45) is 5.10 Å². The molecule has 0 spiro atoms. The third kappa shape index (κ3) is 2.95. The summed E-state index contributed by atoms with van der Waals surface area (Å²) in [5.41, 5.74) is 0.997. The molecular weight excluding hydrogens is 364 g/mol. The van der Waals surface area contributed by atoms with Crippen LogP contribution < -0.4 is 0 Å². The molecule has 0 atom stereocenters. The number of aryl methyl sites for hydroxylation is 1. The van der Waals surface area contributed by atoms with Crippen LogP contribution in [0.1, 0.15) is 18.5 Å². The Bertz CT molecular complexity index is 878. The Hall–Kier alpha value is -1.99. The number of halogens is 1. The van der Waals surface area contributed by atoms with Crippen molar-refractivity contribution in [1.82, 2.24) is 14.9 Å². The van der Waals surface area contributed by atoms with Crippen LogP contribution >= 0.6 is 28.1 Å². The highest BCUT2D eigenvalue weighted by atomic mass is 79.9. The van der Waals surface area contributed by atoms with Gasteiger partial charge in [0, 0.05) is 16.5 Å². The summed E-state index contributed by atoms with van der Waals surface area (Å²) in [4.78, 5) is 0. The number of furan rings is 1. The lowest BCUT2D eigenvalue weighted by molar-refractivity contribution is 0.573. The Kier molecular flexibility index (Phi) is 4.35. The van der Waals surface area contributed by atoms with Crippen molar-refractivity contribution in [3.63, 3.8) is 0 Å². The number of aromatic nitrogens is 3. The van der Waals surface area contributed by atoms with Crippen LogP contribution in [0.25, 0.3) is 11.3 Å². The van der Waals surface area contributed by atoms with Crippen molar-refractivity contribution in [1.29, 1.82) is 0 Å². The minimum absolute atomic E-state index is 0.464. The van der Waals surface area contributed by atoms with Gasteiger partial charge in [0.05, 0.1) is 6.21 Å². The fourth-order valence-corrected chi connectivity index (χ4v) is 2.69. The van der Waals surface area contributed by atoms with Gasteiger partial charge in [-0.05, 0) is 30.4 Å². The normalized spacial score (nSPS) is 11.4. The largest absolute Gasteiger partial charge is 0.455 e. The molecule has 0 unspecified atom stereocenters. The van der Waals surface area contributed by atoms with Crippen LogP contribution in [0.2, 0.25) is 0 Å². The Morgan fingerprint density at radius 1 is 1.36 bits per heavy atom.